The molecule has 14 heavy (non-hydrogen) atoms. The number of nitro groups is 1. The first-order valence-corrected chi connectivity index (χ1v) is 4.55. The highest BCUT2D eigenvalue weighted by atomic mass is 16.6. The van der Waals surface area contributed by atoms with Gasteiger partial charge in [-0.05, 0) is 31.0 Å². The quantitative estimate of drug-likeness (QED) is 0.542. The van der Waals surface area contributed by atoms with Gasteiger partial charge < -0.3 is 0 Å². The van der Waals surface area contributed by atoms with Crippen LogP contribution in [0.3, 0.4) is 0 Å². The number of non-ortho nitro benzene ring substituents is 1. The molecule has 0 aromatic heterocycles. The average molecular weight is 191 g/mol. The Balaban J connectivity index is 2.89. The fourth-order valence-electron chi connectivity index (χ4n) is 1.08. The summed E-state index contributed by atoms with van der Waals surface area (Å²) >= 11 is 0. The molecule has 0 saturated carbocycles. The van der Waals surface area contributed by atoms with E-state index in [1.54, 1.807) is 12.1 Å². The van der Waals surface area contributed by atoms with E-state index in [-0.39, 0.29) is 10.6 Å². The second kappa shape index (κ2) is 4.56. The second-order valence-corrected chi connectivity index (χ2v) is 3.19. The third-order valence-corrected chi connectivity index (χ3v) is 2.07. The van der Waals surface area contributed by atoms with Gasteiger partial charge in [-0.15, -0.1) is 0 Å². The first-order chi connectivity index (χ1) is 6.63. The summed E-state index contributed by atoms with van der Waals surface area (Å²) in [6.45, 7) is 4.12. The minimum absolute atomic E-state index is 0.135. The maximum atomic E-state index is 10.4. The van der Waals surface area contributed by atoms with Crippen molar-refractivity contribution in [2.75, 3.05) is 0 Å². The first-order valence-electron chi connectivity index (χ1n) is 4.55. The van der Waals surface area contributed by atoms with Gasteiger partial charge in [0.1, 0.15) is 0 Å². The molecule has 0 amide bonds. The SMILES string of the molecule is CC/C(C)=C\c1ccc([N+](=O)[O-])cc1. The third kappa shape index (κ3) is 2.69. The second-order valence-electron chi connectivity index (χ2n) is 3.19. The summed E-state index contributed by atoms with van der Waals surface area (Å²) in [6, 6.07) is 6.57. The Labute approximate surface area is 83.2 Å². The number of hydrogen-bond donors (Lipinski definition) is 0. The van der Waals surface area contributed by atoms with Crippen LogP contribution in [0.2, 0.25) is 0 Å². The normalized spacial score (nSPS) is 11.4. The lowest BCUT2D eigenvalue weighted by Crippen LogP contribution is -1.86. The highest BCUT2D eigenvalue weighted by Gasteiger charge is 2.02. The van der Waals surface area contributed by atoms with Crippen molar-refractivity contribution < 1.29 is 4.92 Å². The van der Waals surface area contributed by atoms with E-state index in [0.29, 0.717) is 0 Å². The van der Waals surface area contributed by atoms with Gasteiger partial charge in [0, 0.05) is 12.1 Å². The van der Waals surface area contributed by atoms with E-state index in [4.69, 9.17) is 0 Å². The molecule has 1 aromatic carbocycles. The van der Waals surface area contributed by atoms with E-state index in [1.165, 1.54) is 17.7 Å². The molecule has 0 aliphatic heterocycles. The summed E-state index contributed by atoms with van der Waals surface area (Å²) in [5, 5.41) is 10.4. The van der Waals surface area contributed by atoms with Crippen LogP contribution in [0, 0.1) is 10.1 Å². The molecule has 0 saturated heterocycles. The van der Waals surface area contributed by atoms with E-state index in [0.717, 1.165) is 12.0 Å². The van der Waals surface area contributed by atoms with Gasteiger partial charge in [-0.1, -0.05) is 18.6 Å². The van der Waals surface area contributed by atoms with Gasteiger partial charge in [0.15, 0.2) is 0 Å². The lowest BCUT2D eigenvalue weighted by molar-refractivity contribution is -0.384. The zero-order valence-corrected chi connectivity index (χ0v) is 8.36. The summed E-state index contributed by atoms with van der Waals surface area (Å²) in [5.41, 5.74) is 2.41. The van der Waals surface area contributed by atoms with Gasteiger partial charge in [0.05, 0.1) is 4.92 Å². The zero-order chi connectivity index (χ0) is 10.6. The van der Waals surface area contributed by atoms with Gasteiger partial charge in [0.25, 0.3) is 5.69 Å². The molecule has 1 aromatic rings. The van der Waals surface area contributed by atoms with Gasteiger partial charge in [-0.25, -0.2) is 0 Å². The van der Waals surface area contributed by atoms with Crippen molar-refractivity contribution in [3.63, 3.8) is 0 Å². The Morgan fingerprint density at radius 2 is 2.00 bits per heavy atom. The predicted molar refractivity (Wildman–Crippen MR) is 57.0 cm³/mol. The summed E-state index contributed by atoms with van der Waals surface area (Å²) in [6.07, 6.45) is 3.03. The molecule has 0 N–H and O–H groups in total. The van der Waals surface area contributed by atoms with Gasteiger partial charge >= 0.3 is 0 Å². The number of allylic oxidation sites excluding steroid dienone is 1. The van der Waals surface area contributed by atoms with Crippen LogP contribution in [-0.2, 0) is 0 Å². The Hall–Kier alpha value is -1.64. The number of hydrogen-bond acceptors (Lipinski definition) is 2. The van der Waals surface area contributed by atoms with Crippen LogP contribution in [0.4, 0.5) is 5.69 Å². The number of nitrogens with zero attached hydrogens (tertiary/aromatic N) is 1. The molecule has 74 valence electrons. The molecule has 3 heteroatoms. The molecule has 0 unspecified atom stereocenters. The molecule has 0 atom stereocenters. The highest BCUT2D eigenvalue weighted by Crippen LogP contribution is 2.14. The molecule has 0 heterocycles. The minimum Gasteiger partial charge on any atom is -0.258 e. The number of benzene rings is 1. The van der Waals surface area contributed by atoms with Crippen molar-refractivity contribution in [1.29, 1.82) is 0 Å². The lowest BCUT2D eigenvalue weighted by Gasteiger charge is -1.96. The highest BCUT2D eigenvalue weighted by molar-refractivity contribution is 5.54. The Bertz CT molecular complexity index is 352. The Morgan fingerprint density at radius 1 is 1.43 bits per heavy atom. The van der Waals surface area contributed by atoms with Crippen LogP contribution in [-0.4, -0.2) is 4.92 Å². The maximum Gasteiger partial charge on any atom is 0.269 e. The van der Waals surface area contributed by atoms with Gasteiger partial charge in [-0.3, -0.25) is 10.1 Å². The number of rotatable bonds is 3. The van der Waals surface area contributed by atoms with E-state index in [9.17, 15) is 10.1 Å². The molecule has 0 radical (unpaired) electrons. The topological polar surface area (TPSA) is 43.1 Å². The summed E-state index contributed by atoms with van der Waals surface area (Å²) in [7, 11) is 0. The molecule has 0 bridgehead atoms. The zero-order valence-electron chi connectivity index (χ0n) is 8.36. The van der Waals surface area contributed by atoms with Crippen LogP contribution < -0.4 is 0 Å². The standard InChI is InChI=1S/C11H13NO2/c1-3-9(2)8-10-4-6-11(7-5-10)12(13)14/h4-8H,3H2,1-2H3/b9-8-. The third-order valence-electron chi connectivity index (χ3n) is 2.07. The maximum absolute atomic E-state index is 10.4. The minimum atomic E-state index is -0.389. The van der Waals surface area contributed by atoms with E-state index in [1.807, 2.05) is 13.0 Å². The van der Waals surface area contributed by atoms with Crippen molar-refractivity contribution in [1.82, 2.24) is 0 Å². The largest absolute Gasteiger partial charge is 0.269 e. The van der Waals surface area contributed by atoms with Gasteiger partial charge in [-0.2, -0.15) is 0 Å². The van der Waals surface area contributed by atoms with Crippen molar-refractivity contribution >= 4 is 11.8 Å². The van der Waals surface area contributed by atoms with E-state index >= 15 is 0 Å². The van der Waals surface area contributed by atoms with Crippen LogP contribution in [0.5, 0.6) is 0 Å². The van der Waals surface area contributed by atoms with Crippen LogP contribution in [0.1, 0.15) is 25.8 Å². The number of nitro benzene ring substituents is 1. The molecule has 0 fully saturated rings. The molecule has 0 aliphatic rings. The predicted octanol–water partition coefficient (Wildman–Crippen LogP) is 3.41. The van der Waals surface area contributed by atoms with E-state index in [2.05, 4.69) is 6.92 Å². The summed E-state index contributed by atoms with van der Waals surface area (Å²) < 4.78 is 0. The van der Waals surface area contributed by atoms with Crippen LogP contribution in [0.25, 0.3) is 6.08 Å². The fraction of sp³-hybridized carbons (Fsp3) is 0.273. The fourth-order valence-corrected chi connectivity index (χ4v) is 1.08. The molecule has 3 nitrogen and oxygen atoms in total. The average Bonchev–Trinajstić information content (AvgIpc) is 2.18. The van der Waals surface area contributed by atoms with Gasteiger partial charge in [0.2, 0.25) is 0 Å². The molecule has 0 spiro atoms. The molecule has 0 aliphatic carbocycles. The smallest absolute Gasteiger partial charge is 0.258 e. The van der Waals surface area contributed by atoms with Crippen molar-refractivity contribution in [2.45, 2.75) is 20.3 Å². The summed E-state index contributed by atoms with van der Waals surface area (Å²) in [4.78, 5) is 9.99. The van der Waals surface area contributed by atoms with Crippen molar-refractivity contribution in [3.8, 4) is 0 Å². The monoisotopic (exact) mass is 191 g/mol. The Kier molecular flexibility index (Phi) is 3.40. The van der Waals surface area contributed by atoms with Crippen LogP contribution in [0.15, 0.2) is 29.8 Å². The summed E-state index contributed by atoms with van der Waals surface area (Å²) in [5.74, 6) is 0. The Morgan fingerprint density at radius 3 is 2.43 bits per heavy atom. The van der Waals surface area contributed by atoms with Crippen molar-refractivity contribution in [3.05, 3.63) is 45.5 Å². The lowest BCUT2D eigenvalue weighted by atomic mass is 10.1. The molecular weight excluding hydrogens is 178 g/mol. The molecular formula is C11H13NO2. The van der Waals surface area contributed by atoms with Crippen LogP contribution >= 0.6 is 0 Å². The molecule has 1 rings (SSSR count). The first kappa shape index (κ1) is 10.4. The van der Waals surface area contributed by atoms with Crippen molar-refractivity contribution in [2.24, 2.45) is 0 Å². The van der Waals surface area contributed by atoms with E-state index < -0.39 is 0 Å².